The van der Waals surface area contributed by atoms with Crippen LogP contribution in [-0.4, -0.2) is 24.4 Å². The fourth-order valence-corrected chi connectivity index (χ4v) is 7.49. The van der Waals surface area contributed by atoms with Crippen molar-refractivity contribution >= 4 is 33.8 Å². The first kappa shape index (κ1) is 9.01. The summed E-state index contributed by atoms with van der Waals surface area (Å²) in [6.07, 6.45) is 1.38. The molecule has 1 fully saturated rings. The van der Waals surface area contributed by atoms with Crippen molar-refractivity contribution < 1.29 is 0 Å². The average Bonchev–Trinajstić information content (AvgIpc) is 1.56. The molecule has 1 atom stereocenters. The molecule has 0 bridgehead atoms. The Balaban J connectivity index is 2.56. The highest BCUT2D eigenvalue weighted by molar-refractivity contribution is 8.21. The van der Waals surface area contributed by atoms with E-state index in [9.17, 15) is 0 Å². The molecular formula is C7H16S2Si. The maximum Gasteiger partial charge on any atom is 0.0405 e. The lowest BCUT2D eigenvalue weighted by molar-refractivity contribution is 0.682. The molecule has 0 aromatic rings. The molecule has 0 radical (unpaired) electrons. The van der Waals surface area contributed by atoms with Gasteiger partial charge in [0.25, 0.3) is 0 Å². The third-order valence-electron chi connectivity index (χ3n) is 1.68. The van der Waals surface area contributed by atoms with Gasteiger partial charge in [0.15, 0.2) is 0 Å². The summed E-state index contributed by atoms with van der Waals surface area (Å²) in [6.45, 7) is 7.12. The molecule has 0 aromatic heterocycles. The van der Waals surface area contributed by atoms with Gasteiger partial charge in [-0.25, -0.2) is 0 Å². The molecule has 0 nitrogen and oxygen atoms in total. The number of hydrogen-bond donors (Lipinski definition) is 0. The summed E-state index contributed by atoms with van der Waals surface area (Å²) in [5.74, 6) is 1.36. The average molecular weight is 192 g/mol. The van der Waals surface area contributed by atoms with Gasteiger partial charge in [-0.1, -0.05) is 13.8 Å². The first-order valence-corrected chi connectivity index (χ1v) is 6.56. The molecule has 3 heteroatoms. The zero-order valence-electron chi connectivity index (χ0n) is 7.23. The van der Waals surface area contributed by atoms with Gasteiger partial charge in [0.05, 0.1) is 0 Å². The largest absolute Gasteiger partial charge is 0.149 e. The molecule has 60 valence electrons. The minimum Gasteiger partial charge on any atom is -0.149 e. The van der Waals surface area contributed by atoms with Crippen LogP contribution in [0.4, 0.5) is 0 Å². The molecule has 1 heterocycles. The Labute approximate surface area is 75.3 Å². The lowest BCUT2D eigenvalue weighted by Gasteiger charge is -2.39. The highest BCUT2D eigenvalue weighted by Crippen LogP contribution is 2.48. The zero-order valence-corrected chi connectivity index (χ0v) is 10.9. The quantitative estimate of drug-likeness (QED) is 0.536. The van der Waals surface area contributed by atoms with E-state index in [1.54, 1.807) is 0 Å². The van der Waals surface area contributed by atoms with E-state index in [1.165, 1.54) is 22.4 Å². The van der Waals surface area contributed by atoms with Crippen molar-refractivity contribution in [2.75, 3.05) is 5.75 Å². The van der Waals surface area contributed by atoms with Crippen molar-refractivity contribution in [3.63, 3.8) is 0 Å². The minimum atomic E-state index is 0.543. The first-order chi connectivity index (χ1) is 4.41. The number of hydrogen-bond acceptors (Lipinski definition) is 2. The van der Waals surface area contributed by atoms with Crippen LogP contribution in [0.5, 0.6) is 0 Å². The van der Waals surface area contributed by atoms with Gasteiger partial charge < -0.3 is 0 Å². The van der Waals surface area contributed by atoms with Crippen molar-refractivity contribution in [1.29, 1.82) is 0 Å². The number of thioether (sulfide) groups is 2. The standard InChI is InChI=1S/C7H16S2Si/c1-6(2)4-5-8-7(3,10)9-6/h4-5H2,1-3,10H3. The Hall–Kier alpha value is 0.917. The van der Waals surface area contributed by atoms with E-state index in [0.29, 0.717) is 8.45 Å². The second-order valence-electron chi connectivity index (χ2n) is 3.86. The van der Waals surface area contributed by atoms with Gasteiger partial charge in [0.2, 0.25) is 0 Å². The maximum atomic E-state index is 2.38. The SMILES string of the molecule is CC1(C)CCSC(C)([SiH3])S1. The monoisotopic (exact) mass is 192 g/mol. The Morgan fingerprint density at radius 1 is 1.30 bits per heavy atom. The molecule has 0 N–H and O–H groups in total. The van der Waals surface area contributed by atoms with Gasteiger partial charge in [0, 0.05) is 18.7 Å². The lowest BCUT2D eigenvalue weighted by atomic mass is 10.1. The van der Waals surface area contributed by atoms with Gasteiger partial charge in [-0.2, -0.15) is 0 Å². The van der Waals surface area contributed by atoms with E-state index in [4.69, 9.17) is 0 Å². The van der Waals surface area contributed by atoms with Crippen LogP contribution in [0.15, 0.2) is 0 Å². The van der Waals surface area contributed by atoms with Crippen molar-refractivity contribution in [3.05, 3.63) is 0 Å². The summed E-state index contributed by atoms with van der Waals surface area (Å²) < 4.78 is 1.13. The van der Waals surface area contributed by atoms with Crippen LogP contribution in [0, 0.1) is 0 Å². The lowest BCUT2D eigenvalue weighted by Crippen LogP contribution is -2.32. The Bertz CT molecular complexity index is 118. The summed E-state index contributed by atoms with van der Waals surface area (Å²) in [5.41, 5.74) is 0. The Kier molecular flexibility index (Phi) is 2.48. The molecule has 0 spiro atoms. The van der Waals surface area contributed by atoms with Crippen LogP contribution in [0.25, 0.3) is 0 Å². The van der Waals surface area contributed by atoms with Crippen molar-refractivity contribution in [1.82, 2.24) is 0 Å². The molecule has 0 amide bonds. The first-order valence-electron chi connectivity index (χ1n) is 3.75. The normalized spacial score (nSPS) is 39.9. The summed E-state index contributed by atoms with van der Waals surface area (Å²) >= 11 is 4.32. The van der Waals surface area contributed by atoms with E-state index in [-0.39, 0.29) is 0 Å². The van der Waals surface area contributed by atoms with Crippen molar-refractivity contribution in [3.8, 4) is 0 Å². The van der Waals surface area contributed by atoms with Gasteiger partial charge in [-0.05, 0) is 19.1 Å². The molecule has 1 unspecified atom stereocenters. The summed E-state index contributed by atoms with van der Waals surface area (Å²) in [6, 6.07) is 0. The summed E-state index contributed by atoms with van der Waals surface area (Å²) in [4.78, 5) is 0. The van der Waals surface area contributed by atoms with E-state index >= 15 is 0 Å². The highest BCUT2D eigenvalue weighted by atomic mass is 32.2. The van der Waals surface area contributed by atoms with Crippen LogP contribution in [0.2, 0.25) is 0 Å². The molecule has 1 rings (SSSR count). The van der Waals surface area contributed by atoms with Gasteiger partial charge in [0.1, 0.15) is 0 Å². The van der Waals surface area contributed by atoms with Gasteiger partial charge >= 0.3 is 0 Å². The van der Waals surface area contributed by atoms with E-state index < -0.39 is 0 Å². The van der Waals surface area contributed by atoms with Crippen molar-refractivity contribution in [2.45, 2.75) is 35.6 Å². The molecule has 1 aliphatic rings. The third kappa shape index (κ3) is 2.51. The van der Waals surface area contributed by atoms with E-state index in [1.807, 2.05) is 0 Å². The van der Waals surface area contributed by atoms with Crippen LogP contribution in [0.1, 0.15) is 27.2 Å². The predicted molar refractivity (Wildman–Crippen MR) is 57.1 cm³/mol. The molecular weight excluding hydrogens is 176 g/mol. The summed E-state index contributed by atoms with van der Waals surface area (Å²) in [7, 11) is 1.31. The smallest absolute Gasteiger partial charge is 0.0405 e. The molecule has 1 aliphatic heterocycles. The zero-order chi connectivity index (χ0) is 7.83. The van der Waals surface area contributed by atoms with Crippen LogP contribution in [0.3, 0.4) is 0 Å². The van der Waals surface area contributed by atoms with Crippen LogP contribution < -0.4 is 0 Å². The van der Waals surface area contributed by atoms with Gasteiger partial charge in [-0.3, -0.25) is 0 Å². The van der Waals surface area contributed by atoms with Crippen molar-refractivity contribution in [2.24, 2.45) is 0 Å². The van der Waals surface area contributed by atoms with Gasteiger partial charge in [-0.15, -0.1) is 23.5 Å². The van der Waals surface area contributed by atoms with Crippen LogP contribution in [-0.2, 0) is 0 Å². The Morgan fingerprint density at radius 3 is 2.20 bits per heavy atom. The second-order valence-corrected chi connectivity index (χ2v) is 11.6. The molecule has 0 aromatic carbocycles. The molecule has 1 saturated heterocycles. The number of rotatable bonds is 0. The summed E-state index contributed by atoms with van der Waals surface area (Å²) in [5, 5.41) is 0. The molecule has 10 heavy (non-hydrogen) atoms. The fourth-order valence-electron chi connectivity index (χ4n) is 1.29. The second kappa shape index (κ2) is 2.76. The maximum absolute atomic E-state index is 2.38. The fraction of sp³-hybridized carbons (Fsp3) is 1.00. The van der Waals surface area contributed by atoms with E-state index in [0.717, 1.165) is 0 Å². The molecule has 0 saturated carbocycles. The van der Waals surface area contributed by atoms with Crippen LogP contribution >= 0.6 is 23.5 Å². The predicted octanol–water partition coefficient (Wildman–Crippen LogP) is 1.67. The Morgan fingerprint density at radius 2 is 1.90 bits per heavy atom. The van der Waals surface area contributed by atoms with E-state index in [2.05, 4.69) is 44.3 Å². The topological polar surface area (TPSA) is 0 Å². The molecule has 0 aliphatic carbocycles. The third-order valence-corrected chi connectivity index (χ3v) is 6.11. The highest BCUT2D eigenvalue weighted by Gasteiger charge is 2.33. The minimum absolute atomic E-state index is 0.543.